The first-order valence-corrected chi connectivity index (χ1v) is 7.81. The van der Waals surface area contributed by atoms with Crippen molar-refractivity contribution in [2.24, 2.45) is 0 Å². The van der Waals surface area contributed by atoms with Gasteiger partial charge in [-0.25, -0.2) is 8.78 Å². The van der Waals surface area contributed by atoms with Crippen LogP contribution in [-0.4, -0.2) is 21.0 Å². The van der Waals surface area contributed by atoms with Gasteiger partial charge in [0.25, 0.3) is 0 Å². The zero-order chi connectivity index (χ0) is 18.1. The monoisotopic (exact) mass is 343 g/mol. The van der Waals surface area contributed by atoms with Crippen LogP contribution in [0.5, 0.6) is 0 Å². The summed E-state index contributed by atoms with van der Waals surface area (Å²) < 4.78 is 24.9. The molecular weight excluding hydrogens is 328 g/mol. The van der Waals surface area contributed by atoms with Crippen molar-refractivity contribution in [2.75, 3.05) is 0 Å². The molecule has 1 N–H and O–H groups in total. The molecule has 2 aromatic heterocycles. The highest BCUT2D eigenvalue weighted by Gasteiger charge is 2.53. The summed E-state index contributed by atoms with van der Waals surface area (Å²) in [5.41, 5.74) is -0.0608. The summed E-state index contributed by atoms with van der Waals surface area (Å²) in [6, 6.07) is 7.82. The smallest absolute Gasteiger partial charge is 0.315 e. The maximum absolute atomic E-state index is 12.5. The van der Waals surface area contributed by atoms with Gasteiger partial charge in [0.15, 0.2) is 0 Å². The average molecular weight is 343 g/mol. The van der Waals surface area contributed by atoms with E-state index in [-0.39, 0.29) is 5.82 Å². The van der Waals surface area contributed by atoms with Crippen molar-refractivity contribution in [3.8, 4) is 6.07 Å². The number of aromatic nitrogens is 2. The van der Waals surface area contributed by atoms with Crippen molar-refractivity contribution >= 4 is 5.97 Å². The standard InChI is InChI=1S/C9H7FN2.C9H8FNO2/c10-7-1-2-8(12-5-7)9(6-11)3-4-9;10-6-1-2-7(11-5-6)9(3-4-9)8(12)13/h1-2,5H,3-4H2;1-2,5H,3-4H2,(H,12,13). The molecule has 0 unspecified atom stereocenters. The lowest BCUT2D eigenvalue weighted by Gasteiger charge is -2.07. The number of carboxylic acid groups (broad SMARTS) is 1. The molecular formula is C18H15F2N3O2. The maximum Gasteiger partial charge on any atom is 0.315 e. The zero-order valence-electron chi connectivity index (χ0n) is 13.2. The van der Waals surface area contributed by atoms with Crippen LogP contribution in [0.25, 0.3) is 0 Å². The maximum atomic E-state index is 12.5. The molecule has 0 atom stereocenters. The van der Waals surface area contributed by atoms with E-state index in [1.807, 2.05) is 0 Å². The largest absolute Gasteiger partial charge is 0.481 e. The van der Waals surface area contributed by atoms with E-state index in [9.17, 15) is 13.6 Å². The lowest BCUT2D eigenvalue weighted by molar-refractivity contribution is -0.140. The summed E-state index contributed by atoms with van der Waals surface area (Å²) in [4.78, 5) is 18.5. The number of hydrogen-bond acceptors (Lipinski definition) is 4. The number of hydrogen-bond donors (Lipinski definition) is 1. The van der Waals surface area contributed by atoms with Crippen LogP contribution in [0.15, 0.2) is 36.7 Å². The molecule has 0 aromatic carbocycles. The highest BCUT2D eigenvalue weighted by Crippen LogP contribution is 2.47. The minimum atomic E-state index is -0.869. The average Bonchev–Trinajstić information content (AvgIpc) is 3.51. The van der Waals surface area contributed by atoms with Gasteiger partial charge in [-0.2, -0.15) is 5.26 Å². The minimum absolute atomic E-state index is 0.354. The van der Waals surface area contributed by atoms with Gasteiger partial charge in [0.05, 0.1) is 35.3 Å². The Kier molecular flexibility index (Phi) is 4.21. The summed E-state index contributed by atoms with van der Waals surface area (Å²) in [6.07, 6.45) is 5.11. The van der Waals surface area contributed by atoms with Crippen LogP contribution in [0.3, 0.4) is 0 Å². The topological polar surface area (TPSA) is 86.9 Å². The van der Waals surface area contributed by atoms with Gasteiger partial charge >= 0.3 is 5.97 Å². The zero-order valence-corrected chi connectivity index (χ0v) is 13.2. The molecule has 2 fully saturated rings. The Morgan fingerprint density at radius 3 is 1.84 bits per heavy atom. The molecule has 2 saturated carbocycles. The first-order valence-electron chi connectivity index (χ1n) is 7.81. The molecule has 0 bridgehead atoms. The van der Waals surface area contributed by atoms with Gasteiger partial charge in [-0.1, -0.05) is 0 Å². The predicted octanol–water partition coefficient (Wildman–Crippen LogP) is 3.11. The Balaban J connectivity index is 0.000000146. The second-order valence-corrected chi connectivity index (χ2v) is 6.30. The number of aliphatic carboxylic acids is 1. The van der Waals surface area contributed by atoms with Crippen LogP contribution in [0, 0.1) is 23.0 Å². The van der Waals surface area contributed by atoms with E-state index in [0.717, 1.165) is 25.2 Å². The molecule has 2 aromatic rings. The van der Waals surface area contributed by atoms with E-state index in [4.69, 9.17) is 10.4 Å². The van der Waals surface area contributed by atoms with Crippen LogP contribution in [0.2, 0.25) is 0 Å². The molecule has 2 aliphatic rings. The van der Waals surface area contributed by atoms with Crippen LogP contribution in [0.1, 0.15) is 37.1 Å². The molecule has 0 spiro atoms. The summed E-state index contributed by atoms with van der Waals surface area (Å²) in [7, 11) is 0. The van der Waals surface area contributed by atoms with E-state index in [1.54, 1.807) is 6.07 Å². The molecule has 4 rings (SSSR count). The molecule has 2 heterocycles. The Hall–Kier alpha value is -2.88. The third-order valence-electron chi connectivity index (χ3n) is 4.56. The van der Waals surface area contributed by atoms with Gasteiger partial charge in [-0.05, 0) is 49.9 Å². The summed E-state index contributed by atoms with van der Waals surface area (Å²) in [5.74, 6) is -1.66. The number of halogens is 2. The minimum Gasteiger partial charge on any atom is -0.481 e. The number of carbonyl (C=O) groups is 1. The quantitative estimate of drug-likeness (QED) is 0.925. The van der Waals surface area contributed by atoms with Gasteiger partial charge < -0.3 is 5.11 Å². The second-order valence-electron chi connectivity index (χ2n) is 6.30. The van der Waals surface area contributed by atoms with Crippen molar-refractivity contribution in [2.45, 2.75) is 36.5 Å². The normalized spacial score (nSPS) is 18.3. The fraction of sp³-hybridized carbons (Fsp3) is 0.333. The number of nitrogens with zero attached hydrogens (tertiary/aromatic N) is 3. The number of pyridine rings is 2. The summed E-state index contributed by atoms with van der Waals surface area (Å²) in [6.45, 7) is 0. The molecule has 5 nitrogen and oxygen atoms in total. The predicted molar refractivity (Wildman–Crippen MR) is 83.5 cm³/mol. The van der Waals surface area contributed by atoms with Crippen LogP contribution < -0.4 is 0 Å². The lowest BCUT2D eigenvalue weighted by Crippen LogP contribution is -2.20. The highest BCUT2D eigenvalue weighted by atomic mass is 19.1. The Morgan fingerprint density at radius 2 is 1.52 bits per heavy atom. The molecule has 0 radical (unpaired) electrons. The molecule has 128 valence electrons. The molecule has 2 aliphatic carbocycles. The van der Waals surface area contributed by atoms with Crippen LogP contribution in [-0.2, 0) is 15.6 Å². The fourth-order valence-corrected chi connectivity index (χ4v) is 2.57. The molecule has 0 amide bonds. The van der Waals surface area contributed by atoms with Gasteiger partial charge in [-0.15, -0.1) is 0 Å². The molecule has 25 heavy (non-hydrogen) atoms. The Morgan fingerprint density at radius 1 is 1.00 bits per heavy atom. The molecule has 0 aliphatic heterocycles. The third-order valence-corrected chi connectivity index (χ3v) is 4.56. The van der Waals surface area contributed by atoms with Gasteiger partial charge in [-0.3, -0.25) is 14.8 Å². The van der Waals surface area contributed by atoms with E-state index < -0.39 is 22.6 Å². The number of rotatable bonds is 3. The van der Waals surface area contributed by atoms with Gasteiger partial charge in [0.2, 0.25) is 0 Å². The number of nitriles is 1. The van der Waals surface area contributed by atoms with Crippen molar-refractivity contribution in [3.63, 3.8) is 0 Å². The van der Waals surface area contributed by atoms with E-state index in [2.05, 4.69) is 16.0 Å². The second kappa shape index (κ2) is 6.20. The Bertz CT molecular complexity index is 821. The van der Waals surface area contributed by atoms with Gasteiger partial charge in [0, 0.05) is 0 Å². The fourth-order valence-electron chi connectivity index (χ4n) is 2.57. The first kappa shape index (κ1) is 17.0. The van der Waals surface area contributed by atoms with Crippen molar-refractivity contribution in [3.05, 3.63) is 59.7 Å². The Labute approximate surface area is 143 Å². The lowest BCUT2D eigenvalue weighted by atomic mass is 10.0. The molecule has 7 heteroatoms. The van der Waals surface area contributed by atoms with E-state index in [1.165, 1.54) is 18.2 Å². The van der Waals surface area contributed by atoms with Crippen molar-refractivity contribution < 1.29 is 18.7 Å². The summed E-state index contributed by atoms with van der Waals surface area (Å²) >= 11 is 0. The van der Waals surface area contributed by atoms with E-state index >= 15 is 0 Å². The van der Waals surface area contributed by atoms with Crippen LogP contribution >= 0.6 is 0 Å². The van der Waals surface area contributed by atoms with E-state index in [0.29, 0.717) is 24.2 Å². The third kappa shape index (κ3) is 3.33. The highest BCUT2D eigenvalue weighted by molar-refractivity contribution is 5.84. The summed E-state index contributed by atoms with van der Waals surface area (Å²) in [5, 5.41) is 17.7. The van der Waals surface area contributed by atoms with Crippen molar-refractivity contribution in [1.29, 1.82) is 5.26 Å². The SMILES string of the molecule is N#CC1(c2ccc(F)cn2)CC1.O=C(O)C1(c2ccc(F)cn2)CC1. The van der Waals surface area contributed by atoms with Crippen molar-refractivity contribution in [1.82, 2.24) is 9.97 Å². The van der Waals surface area contributed by atoms with Crippen LogP contribution in [0.4, 0.5) is 8.78 Å². The first-order chi connectivity index (χ1) is 11.9. The van der Waals surface area contributed by atoms with Gasteiger partial charge in [0.1, 0.15) is 17.0 Å². The molecule has 0 saturated heterocycles. The number of carboxylic acids is 1.